The number of nitrogens with zero attached hydrogens (tertiary/aromatic N) is 1. The predicted octanol–water partition coefficient (Wildman–Crippen LogP) is 4.44. The molecule has 1 N–H and O–H groups in total. The Morgan fingerprint density at radius 2 is 1.31 bits per heavy atom. The molecule has 2 aromatic rings. The van der Waals surface area contributed by atoms with Crippen molar-refractivity contribution in [3.63, 3.8) is 0 Å². The molecule has 3 nitrogen and oxygen atoms in total. The zero-order valence-corrected chi connectivity index (χ0v) is 16.5. The van der Waals surface area contributed by atoms with E-state index in [4.69, 9.17) is 0 Å². The predicted molar refractivity (Wildman–Crippen MR) is 109 cm³/mol. The summed E-state index contributed by atoms with van der Waals surface area (Å²) in [6.07, 6.45) is 0.957. The van der Waals surface area contributed by atoms with E-state index >= 15 is 0 Å². The molecule has 0 heterocycles. The largest absolute Gasteiger partial charge is 0.355 e. The van der Waals surface area contributed by atoms with Gasteiger partial charge in [-0.05, 0) is 45.2 Å². The maximum atomic E-state index is 12.9. The van der Waals surface area contributed by atoms with Crippen LogP contribution in [-0.2, 0) is 4.79 Å². The van der Waals surface area contributed by atoms with Crippen LogP contribution in [0.5, 0.6) is 0 Å². The van der Waals surface area contributed by atoms with Crippen molar-refractivity contribution in [1.82, 2.24) is 10.2 Å². The highest BCUT2D eigenvalue weighted by Crippen LogP contribution is 2.24. The van der Waals surface area contributed by atoms with Crippen LogP contribution in [0, 0.1) is 0 Å². The molecule has 2 aromatic carbocycles. The number of carbonyl (C=O) groups excluding carboxylic acids is 1. The van der Waals surface area contributed by atoms with Crippen LogP contribution in [0.2, 0.25) is 0 Å². The molecular weight excluding hydrogens is 320 g/mol. The number of benzene rings is 2. The lowest BCUT2D eigenvalue weighted by Gasteiger charge is -2.30. The molecule has 3 heteroatoms. The van der Waals surface area contributed by atoms with Crippen LogP contribution >= 0.6 is 0 Å². The van der Waals surface area contributed by atoms with Crippen molar-refractivity contribution in [1.29, 1.82) is 0 Å². The second kappa shape index (κ2) is 10.1. The fourth-order valence-corrected chi connectivity index (χ4v) is 3.47. The molecule has 140 valence electrons. The Morgan fingerprint density at radius 1 is 0.846 bits per heavy atom. The van der Waals surface area contributed by atoms with E-state index in [-0.39, 0.29) is 11.8 Å². The molecule has 0 bridgehead atoms. The maximum Gasteiger partial charge on any atom is 0.232 e. The van der Waals surface area contributed by atoms with Crippen molar-refractivity contribution in [3.05, 3.63) is 71.8 Å². The molecule has 0 atom stereocenters. The SMILES string of the molecule is CC(C)N(CCCNC(=O)C(c1ccccc1)c1ccccc1)C(C)C. The van der Waals surface area contributed by atoms with E-state index in [1.54, 1.807) is 0 Å². The molecule has 0 radical (unpaired) electrons. The van der Waals surface area contributed by atoms with Crippen molar-refractivity contribution < 1.29 is 4.79 Å². The fraction of sp³-hybridized carbons (Fsp3) is 0.435. The standard InChI is InChI=1S/C23H32N2O/c1-18(2)25(19(3)4)17-11-16-24-23(26)22(20-12-7-5-8-13-20)21-14-9-6-10-15-21/h5-10,12-15,18-19,22H,11,16-17H2,1-4H3,(H,24,26). The first-order valence-corrected chi connectivity index (χ1v) is 9.64. The molecule has 0 unspecified atom stereocenters. The third kappa shape index (κ3) is 5.70. The highest BCUT2D eigenvalue weighted by Gasteiger charge is 2.22. The molecule has 0 fully saturated rings. The molecular formula is C23H32N2O. The minimum atomic E-state index is -0.260. The van der Waals surface area contributed by atoms with E-state index in [0.29, 0.717) is 18.6 Å². The Hall–Kier alpha value is -2.13. The third-order valence-electron chi connectivity index (χ3n) is 4.75. The lowest BCUT2D eigenvalue weighted by molar-refractivity contribution is -0.121. The van der Waals surface area contributed by atoms with E-state index in [1.165, 1.54) is 0 Å². The van der Waals surface area contributed by atoms with Crippen molar-refractivity contribution in [2.45, 2.75) is 52.1 Å². The molecule has 26 heavy (non-hydrogen) atoms. The second-order valence-corrected chi connectivity index (χ2v) is 7.32. The summed E-state index contributed by atoms with van der Waals surface area (Å²) in [4.78, 5) is 15.4. The number of hydrogen-bond acceptors (Lipinski definition) is 2. The van der Waals surface area contributed by atoms with Crippen LogP contribution in [0.1, 0.15) is 51.2 Å². The van der Waals surface area contributed by atoms with Gasteiger partial charge in [0.2, 0.25) is 5.91 Å². The van der Waals surface area contributed by atoms with Crippen molar-refractivity contribution >= 4 is 5.91 Å². The summed E-state index contributed by atoms with van der Waals surface area (Å²) in [5.41, 5.74) is 2.06. The van der Waals surface area contributed by atoms with Gasteiger partial charge in [-0.15, -0.1) is 0 Å². The van der Waals surface area contributed by atoms with Gasteiger partial charge >= 0.3 is 0 Å². The van der Waals surface area contributed by atoms with E-state index in [2.05, 4.69) is 37.9 Å². The Bertz CT molecular complexity index is 605. The molecule has 0 saturated carbocycles. The van der Waals surface area contributed by atoms with Gasteiger partial charge in [-0.2, -0.15) is 0 Å². The number of hydrogen-bond donors (Lipinski definition) is 1. The van der Waals surface area contributed by atoms with Crippen LogP contribution in [0.25, 0.3) is 0 Å². The highest BCUT2D eigenvalue weighted by molar-refractivity contribution is 5.87. The van der Waals surface area contributed by atoms with Gasteiger partial charge in [-0.25, -0.2) is 0 Å². The molecule has 0 aromatic heterocycles. The van der Waals surface area contributed by atoms with Gasteiger partial charge in [0.05, 0.1) is 5.92 Å². The average Bonchev–Trinajstić information content (AvgIpc) is 2.63. The monoisotopic (exact) mass is 352 g/mol. The highest BCUT2D eigenvalue weighted by atomic mass is 16.1. The maximum absolute atomic E-state index is 12.9. The lowest BCUT2D eigenvalue weighted by Crippen LogP contribution is -2.39. The Morgan fingerprint density at radius 3 is 1.73 bits per heavy atom. The Balaban J connectivity index is 2.00. The van der Waals surface area contributed by atoms with E-state index in [9.17, 15) is 4.79 Å². The van der Waals surface area contributed by atoms with Crippen molar-refractivity contribution in [2.24, 2.45) is 0 Å². The number of amides is 1. The molecule has 0 aliphatic heterocycles. The zero-order valence-electron chi connectivity index (χ0n) is 16.5. The van der Waals surface area contributed by atoms with Gasteiger partial charge in [-0.1, -0.05) is 60.7 Å². The van der Waals surface area contributed by atoms with Crippen LogP contribution in [0.15, 0.2) is 60.7 Å². The number of rotatable bonds is 9. The summed E-state index contributed by atoms with van der Waals surface area (Å²) in [6, 6.07) is 21.1. The summed E-state index contributed by atoms with van der Waals surface area (Å²) in [5.74, 6) is -0.188. The van der Waals surface area contributed by atoms with E-state index in [0.717, 1.165) is 24.1 Å². The summed E-state index contributed by atoms with van der Waals surface area (Å²) in [5, 5.41) is 3.15. The number of nitrogens with one attached hydrogen (secondary N) is 1. The second-order valence-electron chi connectivity index (χ2n) is 7.32. The normalized spacial score (nSPS) is 11.5. The first-order valence-electron chi connectivity index (χ1n) is 9.64. The fourth-order valence-electron chi connectivity index (χ4n) is 3.47. The van der Waals surface area contributed by atoms with Gasteiger partial charge < -0.3 is 5.32 Å². The van der Waals surface area contributed by atoms with Crippen LogP contribution in [0.3, 0.4) is 0 Å². The summed E-state index contributed by atoms with van der Waals surface area (Å²) < 4.78 is 0. The molecule has 2 rings (SSSR count). The first kappa shape index (κ1) is 20.2. The minimum Gasteiger partial charge on any atom is -0.355 e. The molecule has 0 aliphatic carbocycles. The summed E-state index contributed by atoms with van der Waals surface area (Å²) in [7, 11) is 0. The zero-order chi connectivity index (χ0) is 18.9. The molecule has 0 saturated heterocycles. The topological polar surface area (TPSA) is 32.3 Å². The van der Waals surface area contributed by atoms with Crippen LogP contribution in [-0.4, -0.2) is 36.0 Å². The third-order valence-corrected chi connectivity index (χ3v) is 4.75. The Labute approximate surface area is 158 Å². The minimum absolute atomic E-state index is 0.0723. The van der Waals surface area contributed by atoms with Gasteiger partial charge in [0.15, 0.2) is 0 Å². The Kier molecular flexibility index (Phi) is 7.86. The van der Waals surface area contributed by atoms with Crippen molar-refractivity contribution in [3.8, 4) is 0 Å². The van der Waals surface area contributed by atoms with E-state index in [1.807, 2.05) is 60.7 Å². The van der Waals surface area contributed by atoms with Gasteiger partial charge in [-0.3, -0.25) is 9.69 Å². The van der Waals surface area contributed by atoms with Gasteiger partial charge in [0, 0.05) is 25.2 Å². The van der Waals surface area contributed by atoms with Crippen LogP contribution in [0.4, 0.5) is 0 Å². The van der Waals surface area contributed by atoms with Gasteiger partial charge in [0.1, 0.15) is 0 Å². The molecule has 0 aliphatic rings. The lowest BCUT2D eigenvalue weighted by atomic mass is 9.90. The first-order chi connectivity index (χ1) is 12.5. The average molecular weight is 353 g/mol. The summed E-state index contributed by atoms with van der Waals surface area (Å²) >= 11 is 0. The molecule has 0 spiro atoms. The molecule has 1 amide bonds. The summed E-state index contributed by atoms with van der Waals surface area (Å²) in [6.45, 7) is 10.6. The van der Waals surface area contributed by atoms with Crippen LogP contribution < -0.4 is 5.32 Å². The smallest absolute Gasteiger partial charge is 0.232 e. The van der Waals surface area contributed by atoms with Gasteiger partial charge in [0.25, 0.3) is 0 Å². The van der Waals surface area contributed by atoms with Crippen molar-refractivity contribution in [2.75, 3.05) is 13.1 Å². The number of carbonyl (C=O) groups is 1. The van der Waals surface area contributed by atoms with E-state index < -0.39 is 0 Å². The quantitative estimate of drug-likeness (QED) is 0.677.